The van der Waals surface area contributed by atoms with Gasteiger partial charge in [-0.05, 0) is 37.2 Å². The van der Waals surface area contributed by atoms with Crippen LogP contribution in [0, 0.1) is 16.6 Å². The molecule has 4 aromatic rings. The van der Waals surface area contributed by atoms with Gasteiger partial charge in [0.2, 0.25) is 0 Å². The van der Waals surface area contributed by atoms with Crippen LogP contribution in [0.15, 0.2) is 69.8 Å². The van der Waals surface area contributed by atoms with Gasteiger partial charge in [-0.3, -0.25) is 9.82 Å². The number of fused-ring (bicyclic) bond motifs is 1. The molecule has 0 bridgehead atoms. The molecule has 0 radical (unpaired) electrons. The van der Waals surface area contributed by atoms with E-state index in [2.05, 4.69) is 19.9 Å². The summed E-state index contributed by atoms with van der Waals surface area (Å²) in [6, 6.07) is 13.5. The summed E-state index contributed by atoms with van der Waals surface area (Å²) in [7, 11) is -3.53. The Hall–Kier alpha value is -3.44. The lowest BCUT2D eigenvalue weighted by Gasteiger charge is -2.17. The van der Waals surface area contributed by atoms with Gasteiger partial charge in [0.1, 0.15) is 12.1 Å². The highest BCUT2D eigenvalue weighted by Gasteiger charge is 2.21. The van der Waals surface area contributed by atoms with Gasteiger partial charge >= 0.3 is 0 Å². The van der Waals surface area contributed by atoms with Gasteiger partial charge in [-0.25, -0.2) is 14.0 Å². The number of nitroso groups, excluding NO2 is 1. The molecule has 9 nitrogen and oxygen atoms in total. The summed E-state index contributed by atoms with van der Waals surface area (Å²) in [5.74, 6) is 0.0483. The summed E-state index contributed by atoms with van der Waals surface area (Å²) in [5, 5.41) is 19.0. The molecule has 0 aliphatic heterocycles. The molecule has 0 aliphatic rings. The van der Waals surface area contributed by atoms with Crippen molar-refractivity contribution in [3.05, 3.63) is 65.3 Å². The van der Waals surface area contributed by atoms with E-state index in [0.29, 0.717) is 37.8 Å². The predicted octanol–water partition coefficient (Wildman–Crippen LogP) is 4.99. The third-order valence-corrected chi connectivity index (χ3v) is 7.38. The van der Waals surface area contributed by atoms with Crippen LogP contribution in [0.1, 0.15) is 12.5 Å². The van der Waals surface area contributed by atoms with E-state index in [1.54, 1.807) is 56.3 Å². The molecular weight excluding hydrogens is 448 g/mol. The quantitative estimate of drug-likeness (QED) is 0.223. The summed E-state index contributed by atoms with van der Waals surface area (Å²) in [6.45, 7) is 3.70. The molecule has 164 valence electrons. The second kappa shape index (κ2) is 8.60. The second-order valence-electron chi connectivity index (χ2n) is 7.01. The second-order valence-corrected chi connectivity index (χ2v) is 9.80. The first-order valence-electron chi connectivity index (χ1n) is 9.70. The molecular formula is C21H21N6O3S2+. The first-order chi connectivity index (χ1) is 15.3. The Morgan fingerprint density at radius 1 is 1.22 bits per heavy atom. The number of hydrogen-bond donors (Lipinski definition) is 4. The Kier molecular flexibility index (Phi) is 5.85. The highest BCUT2D eigenvalue weighted by Crippen LogP contribution is 2.42. The van der Waals surface area contributed by atoms with Gasteiger partial charge in [0.15, 0.2) is 21.6 Å². The highest BCUT2D eigenvalue weighted by atomic mass is 32.2. The lowest BCUT2D eigenvalue weighted by Crippen LogP contribution is -2.14. The SMILES string of the molecule is CC[N+](=O)c1ccc(C)c(S(=N)(=O)Nc2cc(Sc3ncn[nH]3)c(O)c3ccccc23)c1. The Morgan fingerprint density at radius 2 is 1.97 bits per heavy atom. The van der Waals surface area contributed by atoms with Crippen LogP contribution in [-0.4, -0.2) is 35.8 Å². The molecule has 1 unspecified atom stereocenters. The van der Waals surface area contributed by atoms with Gasteiger partial charge in [0.05, 0.1) is 15.5 Å². The predicted molar refractivity (Wildman–Crippen MR) is 124 cm³/mol. The number of aromatic nitrogens is 3. The smallest absolute Gasteiger partial charge is 0.257 e. The number of nitrogens with one attached hydrogen (secondary N) is 3. The fraction of sp³-hybridized carbons (Fsp3) is 0.143. The van der Waals surface area contributed by atoms with Gasteiger partial charge in [-0.15, -0.1) is 0 Å². The third-order valence-electron chi connectivity index (χ3n) is 4.89. The normalized spacial score (nSPS) is 13.1. The zero-order chi connectivity index (χ0) is 22.9. The van der Waals surface area contributed by atoms with Crippen LogP contribution in [0.2, 0.25) is 0 Å². The van der Waals surface area contributed by atoms with Crippen LogP contribution in [0.5, 0.6) is 5.75 Å². The number of phenolic OH excluding ortho intramolecular Hbond substituents is 1. The Labute approximate surface area is 189 Å². The molecule has 0 saturated heterocycles. The average Bonchev–Trinajstić information content (AvgIpc) is 3.29. The van der Waals surface area contributed by atoms with Crippen LogP contribution >= 0.6 is 11.8 Å². The van der Waals surface area contributed by atoms with Gasteiger partial charge < -0.3 is 5.11 Å². The molecule has 1 heterocycles. The highest BCUT2D eigenvalue weighted by molar-refractivity contribution is 7.99. The van der Waals surface area contributed by atoms with Gasteiger partial charge in [0.25, 0.3) is 5.69 Å². The molecule has 0 saturated carbocycles. The van der Waals surface area contributed by atoms with Crippen molar-refractivity contribution >= 4 is 43.8 Å². The standard InChI is InChI=1S/C21H20N6O3S2/c1-3-27(29)14-9-8-13(2)19(10-14)32(22,30)26-17-11-18(31-21-23-12-24-25-21)20(28)16-7-5-4-6-15(16)17/h4-12H,3H2,1-2H3,(H3-,22,23,24,25,26,28,30)/p+1. The molecule has 0 aliphatic carbocycles. The zero-order valence-corrected chi connectivity index (χ0v) is 19.0. The average molecular weight is 470 g/mol. The van der Waals surface area contributed by atoms with E-state index in [0.717, 1.165) is 16.5 Å². The fourth-order valence-corrected chi connectivity index (χ4v) is 5.48. The van der Waals surface area contributed by atoms with Crippen LogP contribution in [0.25, 0.3) is 10.8 Å². The number of phenols is 1. The molecule has 32 heavy (non-hydrogen) atoms. The monoisotopic (exact) mass is 469 g/mol. The Bertz CT molecular complexity index is 1420. The summed E-state index contributed by atoms with van der Waals surface area (Å²) in [4.78, 5) is 16.8. The minimum atomic E-state index is -3.53. The molecule has 0 fully saturated rings. The lowest BCUT2D eigenvalue weighted by molar-refractivity contribution is -0.458. The zero-order valence-electron chi connectivity index (χ0n) is 17.3. The molecule has 0 amide bonds. The van der Waals surface area contributed by atoms with Crippen LogP contribution in [-0.2, 0) is 9.92 Å². The number of nitrogens with zero attached hydrogens (tertiary/aromatic N) is 3. The van der Waals surface area contributed by atoms with E-state index in [1.807, 2.05) is 0 Å². The van der Waals surface area contributed by atoms with E-state index < -0.39 is 9.92 Å². The summed E-state index contributed by atoms with van der Waals surface area (Å²) >= 11 is 1.16. The number of aryl methyl sites for hydroxylation is 1. The molecule has 1 aromatic heterocycles. The van der Waals surface area contributed by atoms with Crippen molar-refractivity contribution in [1.82, 2.24) is 15.2 Å². The minimum absolute atomic E-state index is 0.0483. The van der Waals surface area contributed by atoms with Crippen LogP contribution in [0.4, 0.5) is 11.4 Å². The van der Waals surface area contributed by atoms with Gasteiger partial charge in [-0.1, -0.05) is 30.3 Å². The number of rotatable bonds is 7. The molecule has 3 aromatic carbocycles. The maximum atomic E-state index is 13.5. The minimum Gasteiger partial charge on any atom is -0.506 e. The van der Waals surface area contributed by atoms with Crippen molar-refractivity contribution in [3.63, 3.8) is 0 Å². The summed E-state index contributed by atoms with van der Waals surface area (Å²) in [5.41, 5.74) is 1.39. The first kappa shape index (κ1) is 21.8. The van der Waals surface area contributed by atoms with Gasteiger partial charge in [-0.2, -0.15) is 5.10 Å². The number of aromatic hydroxyl groups is 1. The van der Waals surface area contributed by atoms with Crippen molar-refractivity contribution < 1.29 is 14.1 Å². The van der Waals surface area contributed by atoms with Crippen molar-refractivity contribution in [2.45, 2.75) is 28.8 Å². The van der Waals surface area contributed by atoms with Crippen molar-refractivity contribution in [2.75, 3.05) is 11.3 Å². The largest absolute Gasteiger partial charge is 0.506 e. The Morgan fingerprint density at radius 3 is 2.66 bits per heavy atom. The van der Waals surface area contributed by atoms with E-state index >= 15 is 0 Å². The number of benzene rings is 3. The number of aromatic amines is 1. The molecule has 0 spiro atoms. The maximum absolute atomic E-state index is 13.5. The topological polar surface area (TPSA) is 135 Å². The summed E-state index contributed by atoms with van der Waals surface area (Å²) in [6.07, 6.45) is 1.36. The molecule has 11 heteroatoms. The van der Waals surface area contributed by atoms with Crippen molar-refractivity contribution in [2.24, 2.45) is 0 Å². The van der Waals surface area contributed by atoms with E-state index in [1.165, 1.54) is 12.4 Å². The van der Waals surface area contributed by atoms with Crippen molar-refractivity contribution in [1.29, 1.82) is 4.78 Å². The number of anilines is 1. The maximum Gasteiger partial charge on any atom is 0.257 e. The van der Waals surface area contributed by atoms with E-state index in [-0.39, 0.29) is 17.2 Å². The van der Waals surface area contributed by atoms with Gasteiger partial charge in [0, 0.05) is 32.6 Å². The number of H-pyrrole nitrogens is 1. The molecule has 1 atom stereocenters. The lowest BCUT2D eigenvalue weighted by atomic mass is 10.1. The Balaban J connectivity index is 1.82. The van der Waals surface area contributed by atoms with Crippen molar-refractivity contribution in [3.8, 4) is 5.75 Å². The van der Waals surface area contributed by atoms with E-state index in [4.69, 9.17) is 4.78 Å². The number of hydrogen-bond acceptors (Lipinski definition) is 7. The molecule has 4 rings (SSSR count). The van der Waals surface area contributed by atoms with E-state index in [9.17, 15) is 14.2 Å². The van der Waals surface area contributed by atoms with Crippen LogP contribution in [0.3, 0.4) is 0 Å². The summed E-state index contributed by atoms with van der Waals surface area (Å²) < 4.78 is 25.8. The third kappa shape index (κ3) is 4.16. The fourth-order valence-electron chi connectivity index (χ4n) is 3.29. The first-order valence-corrected chi connectivity index (χ1v) is 12.1. The van der Waals surface area contributed by atoms with Crippen LogP contribution < -0.4 is 4.72 Å². The molecule has 4 N–H and O–H groups in total.